The number of anilines is 1. The van der Waals surface area contributed by atoms with Gasteiger partial charge in [-0.3, -0.25) is 10.1 Å². The Balaban J connectivity index is 2.90. The van der Waals surface area contributed by atoms with Crippen LogP contribution in [0.5, 0.6) is 0 Å². The van der Waals surface area contributed by atoms with Crippen LogP contribution >= 0.6 is 11.6 Å². The van der Waals surface area contributed by atoms with Crippen LogP contribution in [0.2, 0.25) is 5.28 Å². The summed E-state index contributed by atoms with van der Waals surface area (Å²) in [6.45, 7) is 6.24. The average molecular weight is 275 g/mol. The molecule has 0 amide bonds. The van der Waals surface area contributed by atoms with Crippen LogP contribution < -0.4 is 5.32 Å². The largest absolute Gasteiger partial charge is 0.377 e. The third-order valence-electron chi connectivity index (χ3n) is 2.22. The van der Waals surface area contributed by atoms with Gasteiger partial charge in [0.05, 0.1) is 11.0 Å². The lowest BCUT2D eigenvalue weighted by molar-refractivity contribution is -0.385. The number of hydrogen-bond acceptors (Lipinski definition) is 6. The van der Waals surface area contributed by atoms with Crippen LogP contribution in [0.15, 0.2) is 0 Å². The maximum absolute atomic E-state index is 10.9. The van der Waals surface area contributed by atoms with E-state index in [4.69, 9.17) is 16.3 Å². The van der Waals surface area contributed by atoms with Gasteiger partial charge >= 0.3 is 5.69 Å². The van der Waals surface area contributed by atoms with E-state index in [0.717, 1.165) is 0 Å². The third-order valence-corrected chi connectivity index (χ3v) is 2.39. The van der Waals surface area contributed by atoms with Crippen molar-refractivity contribution in [2.75, 3.05) is 18.5 Å². The summed E-state index contributed by atoms with van der Waals surface area (Å²) in [4.78, 5) is 18.0. The molecule has 0 fully saturated rings. The van der Waals surface area contributed by atoms with Crippen LogP contribution in [0.4, 0.5) is 11.5 Å². The second-order valence-electron chi connectivity index (χ2n) is 3.68. The molecule has 1 atom stereocenters. The highest BCUT2D eigenvalue weighted by Gasteiger charge is 2.21. The molecule has 0 aliphatic heterocycles. The van der Waals surface area contributed by atoms with Crippen molar-refractivity contribution < 1.29 is 9.66 Å². The lowest BCUT2D eigenvalue weighted by Gasteiger charge is -2.13. The van der Waals surface area contributed by atoms with Crippen LogP contribution in [-0.4, -0.2) is 34.1 Å². The molecule has 0 aromatic carbocycles. The smallest absolute Gasteiger partial charge is 0.332 e. The van der Waals surface area contributed by atoms with Gasteiger partial charge in [0.15, 0.2) is 0 Å². The van der Waals surface area contributed by atoms with Gasteiger partial charge in [0.2, 0.25) is 11.1 Å². The number of hydrogen-bond donors (Lipinski definition) is 1. The molecule has 1 unspecified atom stereocenters. The van der Waals surface area contributed by atoms with Crippen molar-refractivity contribution in [1.29, 1.82) is 0 Å². The van der Waals surface area contributed by atoms with E-state index in [2.05, 4.69) is 15.3 Å². The van der Waals surface area contributed by atoms with Crippen molar-refractivity contribution in [2.45, 2.75) is 26.9 Å². The molecule has 100 valence electrons. The maximum Gasteiger partial charge on any atom is 0.332 e. The van der Waals surface area contributed by atoms with Crippen molar-refractivity contribution in [3.8, 4) is 0 Å². The number of aromatic nitrogens is 2. The molecule has 0 saturated heterocycles. The Kier molecular flexibility index (Phi) is 5.24. The molecule has 1 rings (SSSR count). The van der Waals surface area contributed by atoms with Crippen LogP contribution in [-0.2, 0) is 4.74 Å². The Labute approximate surface area is 110 Å². The Morgan fingerprint density at radius 3 is 2.78 bits per heavy atom. The van der Waals surface area contributed by atoms with E-state index >= 15 is 0 Å². The quantitative estimate of drug-likeness (QED) is 0.486. The number of rotatable bonds is 6. The van der Waals surface area contributed by atoms with E-state index < -0.39 is 4.92 Å². The summed E-state index contributed by atoms with van der Waals surface area (Å²) >= 11 is 5.69. The molecule has 1 heterocycles. The summed E-state index contributed by atoms with van der Waals surface area (Å²) in [5, 5.41) is 13.8. The molecule has 0 saturated carbocycles. The molecular formula is C10H15ClN4O3. The van der Waals surface area contributed by atoms with E-state index in [1.165, 1.54) is 6.92 Å². The van der Waals surface area contributed by atoms with Crippen molar-refractivity contribution in [3.63, 3.8) is 0 Å². The van der Waals surface area contributed by atoms with Gasteiger partial charge in [-0.05, 0) is 32.4 Å². The predicted octanol–water partition coefficient (Wildman–Crippen LogP) is 2.18. The van der Waals surface area contributed by atoms with E-state index in [1.54, 1.807) is 0 Å². The standard InChI is InChI=1S/C10H15ClN4O3/c1-4-18-6(2)5-12-9-8(15(16)17)7(3)13-10(11)14-9/h6H,4-5H2,1-3H3,(H,12,13,14). The molecule has 7 nitrogen and oxygen atoms in total. The summed E-state index contributed by atoms with van der Waals surface area (Å²) in [6.07, 6.45) is -0.0800. The lowest BCUT2D eigenvalue weighted by atomic mass is 10.3. The molecular weight excluding hydrogens is 260 g/mol. The monoisotopic (exact) mass is 274 g/mol. The van der Waals surface area contributed by atoms with E-state index in [9.17, 15) is 10.1 Å². The van der Waals surface area contributed by atoms with Gasteiger partial charge in [0.1, 0.15) is 5.69 Å². The van der Waals surface area contributed by atoms with Crippen molar-refractivity contribution >= 4 is 23.1 Å². The van der Waals surface area contributed by atoms with E-state index in [0.29, 0.717) is 13.2 Å². The molecule has 8 heteroatoms. The number of nitrogens with one attached hydrogen (secondary N) is 1. The molecule has 18 heavy (non-hydrogen) atoms. The third kappa shape index (κ3) is 3.78. The highest BCUT2D eigenvalue weighted by molar-refractivity contribution is 6.28. The SMILES string of the molecule is CCOC(C)CNc1nc(Cl)nc(C)c1[N+](=O)[O-]. The van der Waals surface area contributed by atoms with Gasteiger partial charge in [-0.1, -0.05) is 0 Å². The minimum Gasteiger partial charge on any atom is -0.377 e. The molecule has 0 radical (unpaired) electrons. The summed E-state index contributed by atoms with van der Waals surface area (Å²) in [6, 6.07) is 0. The number of ether oxygens (including phenoxy) is 1. The summed E-state index contributed by atoms with van der Waals surface area (Å²) in [5.74, 6) is 0.115. The van der Waals surface area contributed by atoms with Gasteiger partial charge in [-0.25, -0.2) is 4.98 Å². The first kappa shape index (κ1) is 14.6. The first-order valence-corrected chi connectivity index (χ1v) is 5.87. The highest BCUT2D eigenvalue weighted by Crippen LogP contribution is 2.26. The summed E-state index contributed by atoms with van der Waals surface area (Å²) in [5.41, 5.74) is 0.0645. The second-order valence-corrected chi connectivity index (χ2v) is 4.02. The van der Waals surface area contributed by atoms with Crippen molar-refractivity contribution in [2.24, 2.45) is 0 Å². The van der Waals surface area contributed by atoms with E-state index in [1.807, 2.05) is 13.8 Å². The Hall–Kier alpha value is -1.47. The van der Waals surface area contributed by atoms with Crippen molar-refractivity contribution in [3.05, 3.63) is 21.1 Å². The number of nitrogens with zero attached hydrogens (tertiary/aromatic N) is 3. The molecule has 1 aromatic rings. The van der Waals surface area contributed by atoms with Crippen LogP contribution in [0.3, 0.4) is 0 Å². The molecule has 1 N–H and O–H groups in total. The van der Waals surface area contributed by atoms with Gasteiger partial charge < -0.3 is 10.1 Å². The van der Waals surface area contributed by atoms with Gasteiger partial charge in [-0.15, -0.1) is 0 Å². The number of nitro groups is 1. The fourth-order valence-corrected chi connectivity index (χ4v) is 1.67. The van der Waals surface area contributed by atoms with Crippen LogP contribution in [0, 0.1) is 17.0 Å². The highest BCUT2D eigenvalue weighted by atomic mass is 35.5. The van der Waals surface area contributed by atoms with Gasteiger partial charge in [-0.2, -0.15) is 4.98 Å². The predicted molar refractivity (Wildman–Crippen MR) is 68.0 cm³/mol. The first-order valence-electron chi connectivity index (χ1n) is 5.49. The zero-order valence-corrected chi connectivity index (χ0v) is 11.2. The molecule has 0 aliphatic rings. The average Bonchev–Trinajstić information content (AvgIpc) is 2.25. The Bertz CT molecular complexity index is 441. The normalized spacial score (nSPS) is 12.2. The van der Waals surface area contributed by atoms with Gasteiger partial charge in [0.25, 0.3) is 0 Å². The second kappa shape index (κ2) is 6.46. The molecule has 1 aromatic heterocycles. The maximum atomic E-state index is 10.9. The number of halogens is 1. The van der Waals surface area contributed by atoms with Gasteiger partial charge in [0, 0.05) is 13.2 Å². The van der Waals surface area contributed by atoms with Crippen molar-refractivity contribution in [1.82, 2.24) is 9.97 Å². The zero-order chi connectivity index (χ0) is 13.7. The van der Waals surface area contributed by atoms with Crippen LogP contribution in [0.25, 0.3) is 0 Å². The topological polar surface area (TPSA) is 90.2 Å². The van der Waals surface area contributed by atoms with Crippen LogP contribution in [0.1, 0.15) is 19.5 Å². The minimum atomic E-state index is -0.528. The summed E-state index contributed by atoms with van der Waals surface area (Å²) in [7, 11) is 0. The lowest BCUT2D eigenvalue weighted by Crippen LogP contribution is -2.21. The molecule has 0 aliphatic carbocycles. The summed E-state index contributed by atoms with van der Waals surface area (Å²) < 4.78 is 5.32. The molecule has 0 spiro atoms. The molecule has 0 bridgehead atoms. The minimum absolute atomic E-state index is 0.0235. The first-order chi connectivity index (χ1) is 8.45. The van der Waals surface area contributed by atoms with E-state index in [-0.39, 0.29) is 28.6 Å². The Morgan fingerprint density at radius 2 is 2.22 bits per heavy atom. The number of aryl methyl sites for hydroxylation is 1. The Morgan fingerprint density at radius 1 is 1.56 bits per heavy atom. The fraction of sp³-hybridized carbons (Fsp3) is 0.600. The zero-order valence-electron chi connectivity index (χ0n) is 10.4. The fourth-order valence-electron chi connectivity index (χ4n) is 1.46.